The summed E-state index contributed by atoms with van der Waals surface area (Å²) in [5, 5.41) is 3.43. The zero-order chi connectivity index (χ0) is 20.9. The maximum atomic E-state index is 5.46. The first-order chi connectivity index (χ1) is 15.3. The summed E-state index contributed by atoms with van der Waals surface area (Å²) in [6, 6.07) is 8.53. The van der Waals surface area contributed by atoms with Gasteiger partial charge in [-0.3, -0.25) is 0 Å². The number of aromatic nitrogens is 3. The number of anilines is 5. The van der Waals surface area contributed by atoms with Gasteiger partial charge in [-0.2, -0.15) is 15.0 Å². The summed E-state index contributed by atoms with van der Waals surface area (Å²) in [7, 11) is 0. The predicted molar refractivity (Wildman–Crippen MR) is 161 cm³/mol. The van der Waals surface area contributed by atoms with Crippen LogP contribution < -0.4 is 44.6 Å². The molecule has 0 bridgehead atoms. The average Bonchev–Trinajstić information content (AvgIpc) is 2.86. The van der Waals surface area contributed by atoms with E-state index >= 15 is 0 Å². The second-order valence-corrected chi connectivity index (χ2v) is 8.63. The maximum absolute atomic E-state index is 5.46. The van der Waals surface area contributed by atoms with Crippen LogP contribution in [0.1, 0.15) is 44.2 Å². The van der Waals surface area contributed by atoms with Gasteiger partial charge in [-0.15, -0.1) is 12.4 Å². The second-order valence-electron chi connectivity index (χ2n) is 8.63. The molecule has 3 fully saturated rings. The highest BCUT2D eigenvalue weighted by Gasteiger charge is 2.20. The largest absolute Gasteiger partial charge is 0.378 e. The Bertz CT molecular complexity index is 838. The molecule has 1 aromatic heterocycles. The molecular formula is C23H54ClN11O. The number of nitrogens with zero attached hydrogens (tertiary/aromatic N) is 6. The molecule has 0 spiro atoms. The molecule has 13 N–H and O–H groups in total. The van der Waals surface area contributed by atoms with Crippen molar-refractivity contribution in [2.75, 3.05) is 72.5 Å². The summed E-state index contributed by atoms with van der Waals surface area (Å²) in [4.78, 5) is 21.4. The van der Waals surface area contributed by atoms with Gasteiger partial charge in [0.1, 0.15) is 0 Å². The van der Waals surface area contributed by atoms with Crippen LogP contribution in [-0.2, 0) is 4.74 Å². The van der Waals surface area contributed by atoms with E-state index in [2.05, 4.69) is 44.3 Å². The smallest absolute Gasteiger partial charge is 0.233 e. The fraction of sp³-hybridized carbons (Fsp3) is 0.609. The number of morpholine rings is 1. The molecule has 13 heteroatoms. The lowest BCUT2D eigenvalue weighted by molar-refractivity contribution is 0.122. The lowest BCUT2D eigenvalue weighted by Gasteiger charge is -2.30. The van der Waals surface area contributed by atoms with E-state index in [1.54, 1.807) is 0 Å². The van der Waals surface area contributed by atoms with Crippen LogP contribution in [0, 0.1) is 0 Å². The molecule has 36 heavy (non-hydrogen) atoms. The van der Waals surface area contributed by atoms with Gasteiger partial charge in [-0.25, -0.2) is 0 Å². The number of benzene rings is 1. The normalized spacial score (nSPS) is 17.3. The van der Waals surface area contributed by atoms with Crippen molar-refractivity contribution in [3.8, 4) is 0 Å². The fourth-order valence-corrected chi connectivity index (χ4v) is 4.59. The van der Waals surface area contributed by atoms with Crippen LogP contribution in [0.25, 0.3) is 0 Å². The summed E-state index contributed by atoms with van der Waals surface area (Å²) >= 11 is 0. The van der Waals surface area contributed by atoms with Crippen molar-refractivity contribution >= 4 is 41.6 Å². The lowest BCUT2D eigenvalue weighted by atomic mass is 10.1. The Morgan fingerprint density at radius 3 is 1.56 bits per heavy atom. The molecule has 1 aromatic carbocycles. The summed E-state index contributed by atoms with van der Waals surface area (Å²) in [5.74, 6) is 2.25. The van der Waals surface area contributed by atoms with Crippen LogP contribution in [0.5, 0.6) is 0 Å². The van der Waals surface area contributed by atoms with E-state index in [1.165, 1.54) is 44.2 Å². The Hall–Kier alpha value is -2.48. The van der Waals surface area contributed by atoms with E-state index in [0.29, 0.717) is 5.95 Å². The Kier molecular flexibility index (Phi) is 15.2. The van der Waals surface area contributed by atoms with Crippen LogP contribution in [0.4, 0.5) is 29.2 Å². The Labute approximate surface area is 227 Å². The Morgan fingerprint density at radius 1 is 0.611 bits per heavy atom. The molecule has 214 valence electrons. The molecule has 3 aliphatic heterocycles. The lowest BCUT2D eigenvalue weighted by Crippen LogP contribution is -2.36. The number of hydrogen-bond donors (Lipinski definition) is 5. The molecule has 0 aliphatic carbocycles. The van der Waals surface area contributed by atoms with Gasteiger partial charge in [0.15, 0.2) is 0 Å². The molecule has 2 aromatic rings. The van der Waals surface area contributed by atoms with E-state index in [9.17, 15) is 0 Å². The van der Waals surface area contributed by atoms with Crippen LogP contribution >= 0.6 is 12.4 Å². The monoisotopic (exact) mass is 535 g/mol. The number of halogens is 1. The molecule has 0 atom stereocenters. The minimum absolute atomic E-state index is 0. The number of nitrogens with one attached hydrogen (secondary N) is 1. The quantitative estimate of drug-likeness (QED) is 0.321. The number of hydrogen-bond acceptors (Lipinski definition) is 12. The van der Waals surface area contributed by atoms with Gasteiger partial charge in [0.2, 0.25) is 17.8 Å². The molecule has 0 amide bonds. The molecule has 5 rings (SSSR count). The van der Waals surface area contributed by atoms with Crippen molar-refractivity contribution in [2.24, 2.45) is 0 Å². The van der Waals surface area contributed by atoms with Crippen LogP contribution in [-0.4, -0.2) is 67.4 Å². The van der Waals surface area contributed by atoms with Gasteiger partial charge in [-0.05, 0) is 62.8 Å². The summed E-state index contributed by atoms with van der Waals surface area (Å²) in [5.41, 5.74) is 2.23. The van der Waals surface area contributed by atoms with E-state index in [0.717, 1.165) is 70.1 Å². The zero-order valence-electron chi connectivity index (χ0n) is 21.5. The second kappa shape index (κ2) is 16.3. The van der Waals surface area contributed by atoms with Crippen LogP contribution in [0.2, 0.25) is 0 Å². The summed E-state index contributed by atoms with van der Waals surface area (Å²) in [6.07, 6.45) is 7.41. The maximum Gasteiger partial charge on any atom is 0.233 e. The zero-order valence-corrected chi connectivity index (χ0v) is 22.4. The molecule has 0 saturated carbocycles. The average molecular weight is 536 g/mol. The Morgan fingerprint density at radius 2 is 1.08 bits per heavy atom. The first-order valence-electron chi connectivity index (χ1n) is 11.8. The van der Waals surface area contributed by atoms with E-state index < -0.39 is 0 Å². The molecular weight excluding hydrogens is 482 g/mol. The highest BCUT2D eigenvalue weighted by molar-refractivity contribution is 5.85. The third-order valence-corrected chi connectivity index (χ3v) is 6.39. The molecule has 0 unspecified atom stereocenters. The van der Waals surface area contributed by atoms with Crippen LogP contribution in [0.3, 0.4) is 0 Å². The Balaban J connectivity index is -0.000000454. The fourth-order valence-electron chi connectivity index (χ4n) is 4.59. The first-order valence-corrected chi connectivity index (χ1v) is 11.8. The van der Waals surface area contributed by atoms with Gasteiger partial charge in [-0.1, -0.05) is 0 Å². The van der Waals surface area contributed by atoms with Crippen molar-refractivity contribution in [3.05, 3.63) is 24.3 Å². The molecule has 4 heterocycles. The molecule has 3 aliphatic rings. The predicted octanol–water partition coefficient (Wildman–Crippen LogP) is 5.49. The topological polar surface area (TPSA) is 210 Å². The highest BCUT2D eigenvalue weighted by atomic mass is 35.5. The van der Waals surface area contributed by atoms with Crippen molar-refractivity contribution in [2.45, 2.75) is 38.5 Å². The molecule has 12 nitrogen and oxygen atoms in total. The molecule has 0 radical (unpaired) electrons. The number of rotatable bonds is 5. The first kappa shape index (κ1) is 33.5. The number of ether oxygens (including phenoxy) is 1. The van der Waals surface area contributed by atoms with E-state index in [1.807, 2.05) is 0 Å². The molecule has 3 saturated heterocycles. The third kappa shape index (κ3) is 8.29. The van der Waals surface area contributed by atoms with Crippen molar-refractivity contribution in [1.29, 1.82) is 0 Å². The van der Waals surface area contributed by atoms with E-state index in [4.69, 9.17) is 19.7 Å². The van der Waals surface area contributed by atoms with Gasteiger partial charge < -0.3 is 49.4 Å². The standard InChI is InChI=1S/C23H33N7O.ClH.4H3N.4H2/c1-3-11-29(12-4-1)22-25-21(26-23(27-22)30-13-5-2-6-14-30)24-19-7-9-20(10-8-19)28-15-17-31-18-16-28;;;;;;;;;/h7-10H,1-6,11-18H2,(H,24,25,26,27);1H;4*1H3;4*1H. The minimum atomic E-state index is 0. The van der Waals surface area contributed by atoms with Crippen molar-refractivity contribution in [3.63, 3.8) is 0 Å². The van der Waals surface area contributed by atoms with Gasteiger partial charge in [0.25, 0.3) is 0 Å². The van der Waals surface area contributed by atoms with Crippen molar-refractivity contribution in [1.82, 2.24) is 39.6 Å². The SMILES string of the molecule is Cl.N.N.N.N.[HH].[HH].[HH].[HH].c1cc(N2CCOCC2)ccc1Nc1nc(N2CCCCC2)nc(N2CCCCC2)n1. The van der Waals surface area contributed by atoms with Crippen LogP contribution in [0.15, 0.2) is 24.3 Å². The highest BCUT2D eigenvalue weighted by Crippen LogP contribution is 2.25. The minimum Gasteiger partial charge on any atom is -0.378 e. The third-order valence-electron chi connectivity index (χ3n) is 6.39. The van der Waals surface area contributed by atoms with Gasteiger partial charge in [0, 0.05) is 56.3 Å². The summed E-state index contributed by atoms with van der Waals surface area (Å²) < 4.78 is 5.46. The summed E-state index contributed by atoms with van der Waals surface area (Å²) in [6.45, 7) is 7.58. The number of piperidine rings is 2. The van der Waals surface area contributed by atoms with Gasteiger partial charge in [0.05, 0.1) is 13.2 Å². The van der Waals surface area contributed by atoms with E-state index in [-0.39, 0.29) is 42.7 Å². The van der Waals surface area contributed by atoms with Crippen molar-refractivity contribution < 1.29 is 10.4 Å². The van der Waals surface area contributed by atoms with Gasteiger partial charge >= 0.3 is 0 Å².